The maximum absolute atomic E-state index is 12.5. The molecule has 9 rings (SSSR count). The Kier molecular flexibility index (Phi) is 12.7. The van der Waals surface area contributed by atoms with Gasteiger partial charge >= 0.3 is 11.9 Å². The second-order valence-corrected chi connectivity index (χ2v) is 19.2. The fraction of sp³-hybridized carbons (Fsp3) is 0. The Morgan fingerprint density at radius 1 is 0.446 bits per heavy atom. The minimum absolute atomic E-state index is 0.211. The van der Waals surface area contributed by atoms with E-state index in [1.54, 1.807) is 52.2 Å². The van der Waals surface area contributed by atoms with Crippen molar-refractivity contribution in [3.05, 3.63) is 220 Å². The third-order valence-electron chi connectivity index (χ3n) is 10.4. The number of nitriles is 1. The average molecular weight is 917 g/mol. The molecule has 0 saturated carbocycles. The average Bonchev–Trinajstić information content (AvgIpc) is 4.19. The van der Waals surface area contributed by atoms with Gasteiger partial charge in [-0.2, -0.15) is 5.26 Å². The Labute approximate surface area is 392 Å². The molecule has 5 aromatic carbocycles. The molecule has 4 aromatic heterocycles. The second-order valence-electron chi connectivity index (χ2n) is 14.8. The van der Waals surface area contributed by atoms with Gasteiger partial charge in [-0.15, -0.1) is 45.3 Å². The Hall–Kier alpha value is -7.65. The zero-order chi connectivity index (χ0) is 44.7. The van der Waals surface area contributed by atoms with E-state index in [2.05, 4.69) is 121 Å². The molecule has 4 heterocycles. The van der Waals surface area contributed by atoms with Gasteiger partial charge in [0.25, 0.3) is 0 Å². The molecule has 0 aliphatic heterocycles. The van der Waals surface area contributed by atoms with E-state index in [9.17, 15) is 19.8 Å². The highest BCUT2D eigenvalue weighted by molar-refractivity contribution is 7.24. The highest BCUT2D eigenvalue weighted by Gasteiger charge is 2.15. The summed E-state index contributed by atoms with van der Waals surface area (Å²) in [5.74, 6) is -2.26. The van der Waals surface area contributed by atoms with Crippen molar-refractivity contribution in [3.63, 3.8) is 0 Å². The van der Waals surface area contributed by atoms with Crippen LogP contribution < -0.4 is 5.32 Å². The van der Waals surface area contributed by atoms with Crippen LogP contribution in [0.4, 0.5) is 11.4 Å². The summed E-state index contributed by atoms with van der Waals surface area (Å²) in [5.41, 5.74) is 9.23. The van der Waals surface area contributed by atoms with E-state index in [4.69, 9.17) is 5.26 Å². The van der Waals surface area contributed by atoms with Crippen molar-refractivity contribution in [3.8, 4) is 46.5 Å². The van der Waals surface area contributed by atoms with Crippen molar-refractivity contribution in [2.75, 3.05) is 5.32 Å². The summed E-state index contributed by atoms with van der Waals surface area (Å²) in [5, 5.41) is 32.1. The lowest BCUT2D eigenvalue weighted by molar-refractivity contribution is -0.132. The Balaban J connectivity index is 0.842. The number of nitrogens with zero attached hydrogens (tertiary/aromatic N) is 1. The molecular formula is C55H36N2O4S4. The van der Waals surface area contributed by atoms with Crippen LogP contribution in [0.25, 0.3) is 69.8 Å². The zero-order valence-electron chi connectivity index (χ0n) is 34.3. The minimum Gasteiger partial charge on any atom is -0.478 e. The highest BCUT2D eigenvalue weighted by atomic mass is 32.1. The molecule has 0 aliphatic rings. The molecule has 6 nitrogen and oxygen atoms in total. The van der Waals surface area contributed by atoms with Crippen molar-refractivity contribution in [2.24, 2.45) is 0 Å². The van der Waals surface area contributed by atoms with Crippen LogP contribution in [0.5, 0.6) is 0 Å². The Morgan fingerprint density at radius 3 is 1.38 bits per heavy atom. The van der Waals surface area contributed by atoms with E-state index in [1.165, 1.54) is 34.1 Å². The van der Waals surface area contributed by atoms with Gasteiger partial charge in [0.15, 0.2) is 0 Å². The van der Waals surface area contributed by atoms with Crippen molar-refractivity contribution in [1.29, 1.82) is 5.26 Å². The first-order chi connectivity index (χ1) is 31.8. The van der Waals surface area contributed by atoms with E-state index in [-0.39, 0.29) is 11.1 Å². The summed E-state index contributed by atoms with van der Waals surface area (Å²) in [4.78, 5) is 31.6. The quantitative estimate of drug-likeness (QED) is 0.0569. The highest BCUT2D eigenvalue weighted by Crippen LogP contribution is 2.41. The summed E-state index contributed by atoms with van der Waals surface area (Å²) in [7, 11) is 0. The number of benzene rings is 5. The Morgan fingerprint density at radius 2 is 0.892 bits per heavy atom. The van der Waals surface area contributed by atoms with E-state index in [1.807, 2.05) is 66.7 Å². The standard InChI is InChI=1S/C55H36N2O4S4/c56-34-41(54(58)59)32-44-23-25-50(62-44)52-29-27-48(64-52)39-15-13-38(14-16-39)47(55(60)61)33-45-24-26-51(63-45)53-30-28-49(65-53)40-17-21-43(22-18-40)57-42-19-11-35(12-20-42)31-46(36-7-3-1-4-8-36)37-9-5-2-6-10-37/h1-33,57H,(H,58,59)(H,60,61)/b41-32+,47-33+. The third-order valence-corrected chi connectivity index (χ3v) is 15.2. The number of carboxylic acids is 2. The van der Waals surface area contributed by atoms with Crippen LogP contribution in [-0.2, 0) is 9.59 Å². The molecule has 3 N–H and O–H groups in total. The molecule has 0 saturated heterocycles. The van der Waals surface area contributed by atoms with Gasteiger partial charge in [0, 0.05) is 50.4 Å². The molecule has 0 unspecified atom stereocenters. The number of anilines is 2. The van der Waals surface area contributed by atoms with Gasteiger partial charge in [-0.3, -0.25) is 0 Å². The van der Waals surface area contributed by atoms with Crippen molar-refractivity contribution >= 4 is 98.0 Å². The van der Waals surface area contributed by atoms with E-state index >= 15 is 0 Å². The molecule has 0 fully saturated rings. The third kappa shape index (κ3) is 10.1. The lowest BCUT2D eigenvalue weighted by atomic mass is 9.96. The van der Waals surface area contributed by atoms with E-state index < -0.39 is 11.9 Å². The van der Waals surface area contributed by atoms with Crippen molar-refractivity contribution < 1.29 is 19.8 Å². The van der Waals surface area contributed by atoms with Crippen LogP contribution in [0, 0.1) is 11.3 Å². The van der Waals surface area contributed by atoms with E-state index in [0.29, 0.717) is 10.4 Å². The summed E-state index contributed by atoms with van der Waals surface area (Å²) in [6.45, 7) is 0. The molecule has 65 heavy (non-hydrogen) atoms. The summed E-state index contributed by atoms with van der Waals surface area (Å²) in [6, 6.07) is 63.1. The van der Waals surface area contributed by atoms with Crippen LogP contribution in [0.1, 0.15) is 32.0 Å². The van der Waals surface area contributed by atoms with Crippen molar-refractivity contribution in [1.82, 2.24) is 0 Å². The van der Waals surface area contributed by atoms with Crippen LogP contribution in [0.3, 0.4) is 0 Å². The van der Waals surface area contributed by atoms with Crippen LogP contribution in [0.2, 0.25) is 0 Å². The molecule has 0 radical (unpaired) electrons. The van der Waals surface area contributed by atoms with Gasteiger partial charge in [0.2, 0.25) is 0 Å². The van der Waals surface area contributed by atoms with E-state index in [0.717, 1.165) is 62.2 Å². The lowest BCUT2D eigenvalue weighted by Gasteiger charge is -2.10. The maximum Gasteiger partial charge on any atom is 0.346 e. The van der Waals surface area contributed by atoms with Gasteiger partial charge in [-0.1, -0.05) is 109 Å². The van der Waals surface area contributed by atoms with Gasteiger partial charge in [0.05, 0.1) is 5.57 Å². The summed E-state index contributed by atoms with van der Waals surface area (Å²) < 4.78 is 0. The number of rotatable bonds is 14. The molecule has 0 atom stereocenters. The van der Waals surface area contributed by atoms with Gasteiger partial charge in [-0.25, -0.2) is 9.59 Å². The number of hydrogen-bond donors (Lipinski definition) is 3. The fourth-order valence-corrected chi connectivity index (χ4v) is 11.3. The monoisotopic (exact) mass is 916 g/mol. The molecule has 10 heteroatoms. The van der Waals surface area contributed by atoms with Crippen molar-refractivity contribution in [2.45, 2.75) is 0 Å². The lowest BCUT2D eigenvalue weighted by Crippen LogP contribution is -1.99. The molecule has 0 amide bonds. The molecule has 0 aliphatic carbocycles. The van der Waals surface area contributed by atoms with Crippen LogP contribution >= 0.6 is 45.3 Å². The largest absolute Gasteiger partial charge is 0.478 e. The first kappa shape index (κ1) is 42.6. The van der Waals surface area contributed by atoms with Gasteiger partial charge in [-0.05, 0) is 130 Å². The second kappa shape index (κ2) is 19.4. The minimum atomic E-state index is -1.25. The van der Waals surface area contributed by atoms with Gasteiger partial charge < -0.3 is 15.5 Å². The number of aliphatic carboxylic acids is 2. The Bertz CT molecular complexity index is 3230. The maximum atomic E-state index is 12.5. The first-order valence-corrected chi connectivity index (χ1v) is 23.6. The SMILES string of the molecule is N#C/C(=C\c1ccc(-c2ccc(-c3ccc(/C(=C\c4ccc(-c5ccc(-c6ccc(Nc7ccc(C=C(c8ccccc8)c8ccccc8)cc7)cc6)s5)s4)C(=O)O)cc3)s2)s1)C(=O)O. The number of hydrogen-bond acceptors (Lipinski definition) is 8. The molecular weight excluding hydrogens is 881 g/mol. The normalized spacial score (nSPS) is 11.5. The predicted molar refractivity (Wildman–Crippen MR) is 272 cm³/mol. The summed E-state index contributed by atoms with van der Waals surface area (Å²) >= 11 is 6.26. The molecule has 9 aromatic rings. The number of carbonyl (C=O) groups is 2. The van der Waals surface area contributed by atoms with Crippen LogP contribution in [0.15, 0.2) is 188 Å². The number of carboxylic acid groups (broad SMARTS) is 2. The molecule has 314 valence electrons. The fourth-order valence-electron chi connectivity index (χ4n) is 7.17. The summed E-state index contributed by atoms with van der Waals surface area (Å²) in [6.07, 6.45) is 5.34. The number of thiophene rings is 4. The van der Waals surface area contributed by atoms with Crippen LogP contribution in [-0.4, -0.2) is 22.2 Å². The topological polar surface area (TPSA) is 110 Å². The first-order valence-electron chi connectivity index (χ1n) is 20.4. The zero-order valence-corrected chi connectivity index (χ0v) is 37.6. The molecule has 0 spiro atoms. The predicted octanol–water partition coefficient (Wildman–Crippen LogP) is 15.5. The molecule has 0 bridgehead atoms. The smallest absolute Gasteiger partial charge is 0.346 e. The van der Waals surface area contributed by atoms with Gasteiger partial charge in [0.1, 0.15) is 11.6 Å². The number of nitrogens with one attached hydrogen (secondary N) is 1.